The van der Waals surface area contributed by atoms with Crippen LogP contribution in [0.1, 0.15) is 89.5 Å². The van der Waals surface area contributed by atoms with Gasteiger partial charge in [-0.2, -0.15) is 0 Å². The van der Waals surface area contributed by atoms with E-state index in [1.54, 1.807) is 0 Å². The van der Waals surface area contributed by atoms with Crippen molar-refractivity contribution in [1.82, 2.24) is 0 Å². The van der Waals surface area contributed by atoms with E-state index in [0.717, 1.165) is 11.0 Å². The molecule has 0 heterocycles. The lowest BCUT2D eigenvalue weighted by atomic mass is 10.1. The van der Waals surface area contributed by atoms with Crippen LogP contribution < -0.4 is 0 Å². The lowest BCUT2D eigenvalue weighted by Gasteiger charge is -2.30. The predicted octanol–water partition coefficient (Wildman–Crippen LogP) is 6.91. The van der Waals surface area contributed by atoms with Gasteiger partial charge in [0.25, 0.3) is 0 Å². The average Bonchev–Trinajstić information content (AvgIpc) is 2.64. The van der Waals surface area contributed by atoms with Gasteiger partial charge in [0.15, 0.2) is 0 Å². The van der Waals surface area contributed by atoms with Crippen LogP contribution in [0.3, 0.4) is 0 Å². The molecule has 0 amide bonds. The molecule has 0 aliphatic carbocycles. The van der Waals surface area contributed by atoms with Crippen LogP contribution in [0.25, 0.3) is 0 Å². The fourth-order valence-electron chi connectivity index (χ4n) is 3.54. The second-order valence-corrected chi connectivity index (χ2v) is 8.27. The van der Waals surface area contributed by atoms with Gasteiger partial charge in [-0.1, -0.05) is 107 Å². The summed E-state index contributed by atoms with van der Waals surface area (Å²) in [5, 5.41) is 15.5. The van der Waals surface area contributed by atoms with Gasteiger partial charge >= 0.3 is 0 Å². The highest BCUT2D eigenvalue weighted by Crippen LogP contribution is 2.14. The Morgan fingerprint density at radius 1 is 0.704 bits per heavy atom. The van der Waals surface area contributed by atoms with Crippen molar-refractivity contribution in [3.63, 3.8) is 0 Å². The molecule has 0 saturated heterocycles. The molecule has 2 N–H and O–H groups in total. The standard InChI is InChI=1S/C23H42N.H2O3/c1-4-5-6-7-8-9-10-11-12-13-14-18-21-24(2,3)22-23-19-16-15-17-20-23;1-3-2/h15-17,19-20H,4-14,18,21-22H2,1-3H3;1-2H/q+1;. The average molecular weight is 383 g/mol. The Balaban J connectivity index is 0.00000210. The molecule has 27 heavy (non-hydrogen) atoms. The zero-order chi connectivity index (χ0) is 20.2. The molecule has 0 fully saturated rings. The molecule has 0 aliphatic rings. The molecule has 4 nitrogen and oxygen atoms in total. The minimum absolute atomic E-state index is 1.11. The maximum Gasteiger partial charge on any atom is 0.104 e. The fraction of sp³-hybridized carbons (Fsp3) is 0.739. The van der Waals surface area contributed by atoms with E-state index in [1.807, 2.05) is 0 Å². The Morgan fingerprint density at radius 2 is 1.11 bits per heavy atom. The molecule has 0 aliphatic heterocycles. The molecule has 4 heteroatoms. The first-order chi connectivity index (χ1) is 13.1. The summed E-state index contributed by atoms with van der Waals surface area (Å²) in [6.07, 6.45) is 17.2. The van der Waals surface area contributed by atoms with Gasteiger partial charge in [0.2, 0.25) is 0 Å². The Bertz CT molecular complexity index is 409. The van der Waals surface area contributed by atoms with E-state index < -0.39 is 0 Å². The smallest absolute Gasteiger partial charge is 0.104 e. The molecule has 1 aromatic rings. The van der Waals surface area contributed by atoms with Crippen LogP contribution in [0, 0.1) is 0 Å². The predicted molar refractivity (Wildman–Crippen MR) is 115 cm³/mol. The van der Waals surface area contributed by atoms with Gasteiger partial charge in [0.05, 0.1) is 20.6 Å². The van der Waals surface area contributed by atoms with Gasteiger partial charge in [-0.05, 0) is 12.8 Å². The SMILES string of the molecule is CCCCCCCCCCCCCC[N+](C)(C)Cc1ccccc1.OOO. The molecular formula is C23H44NO3+. The first kappa shape index (κ1) is 26.1. The second-order valence-electron chi connectivity index (χ2n) is 8.27. The van der Waals surface area contributed by atoms with Gasteiger partial charge < -0.3 is 4.48 Å². The van der Waals surface area contributed by atoms with E-state index in [-0.39, 0.29) is 0 Å². The Kier molecular flexibility index (Phi) is 17.8. The summed E-state index contributed by atoms with van der Waals surface area (Å²) in [5.74, 6) is 0. The Labute approximate surface area is 167 Å². The summed E-state index contributed by atoms with van der Waals surface area (Å²) in [6, 6.07) is 10.9. The molecule has 1 aromatic carbocycles. The molecule has 0 unspecified atom stereocenters. The summed E-state index contributed by atoms with van der Waals surface area (Å²) >= 11 is 0. The number of benzene rings is 1. The van der Waals surface area contributed by atoms with Crippen molar-refractivity contribution in [1.29, 1.82) is 0 Å². The number of quaternary nitrogens is 1. The summed E-state index contributed by atoms with van der Waals surface area (Å²) in [5.41, 5.74) is 1.46. The van der Waals surface area contributed by atoms with Crippen molar-refractivity contribution in [2.75, 3.05) is 20.6 Å². The third kappa shape index (κ3) is 18.2. The Hall–Kier alpha value is -0.940. The normalized spacial score (nSPS) is 11.1. The van der Waals surface area contributed by atoms with E-state index in [2.05, 4.69) is 56.4 Å². The van der Waals surface area contributed by atoms with E-state index in [4.69, 9.17) is 10.5 Å². The Morgan fingerprint density at radius 3 is 1.56 bits per heavy atom. The zero-order valence-corrected chi connectivity index (χ0v) is 18.0. The highest BCUT2D eigenvalue weighted by atomic mass is 17.4. The fourth-order valence-corrected chi connectivity index (χ4v) is 3.54. The van der Waals surface area contributed by atoms with E-state index >= 15 is 0 Å². The lowest BCUT2D eigenvalue weighted by molar-refractivity contribution is -0.903. The maximum atomic E-state index is 6.62. The first-order valence-electron chi connectivity index (χ1n) is 10.9. The molecule has 0 radical (unpaired) electrons. The van der Waals surface area contributed by atoms with Gasteiger partial charge in [-0.25, -0.2) is 10.5 Å². The lowest BCUT2D eigenvalue weighted by Crippen LogP contribution is -2.39. The molecule has 0 saturated carbocycles. The highest BCUT2D eigenvalue weighted by molar-refractivity contribution is 5.13. The zero-order valence-electron chi connectivity index (χ0n) is 18.0. The molecule has 0 bridgehead atoms. The maximum absolute atomic E-state index is 6.62. The summed E-state index contributed by atoms with van der Waals surface area (Å²) in [7, 11) is 4.73. The van der Waals surface area contributed by atoms with Gasteiger partial charge in [0.1, 0.15) is 6.54 Å². The van der Waals surface area contributed by atoms with Crippen molar-refractivity contribution in [2.45, 2.75) is 90.5 Å². The molecule has 0 atom stereocenters. The van der Waals surface area contributed by atoms with Crippen LogP contribution in [-0.4, -0.2) is 35.6 Å². The number of rotatable bonds is 15. The van der Waals surface area contributed by atoms with E-state index in [0.29, 0.717) is 0 Å². The van der Waals surface area contributed by atoms with Crippen molar-refractivity contribution in [3.8, 4) is 0 Å². The van der Waals surface area contributed by atoms with Gasteiger partial charge in [-0.15, -0.1) is 0 Å². The third-order valence-electron chi connectivity index (χ3n) is 5.07. The van der Waals surface area contributed by atoms with Crippen molar-refractivity contribution >= 4 is 0 Å². The largest absolute Gasteiger partial charge is 0.325 e. The van der Waals surface area contributed by atoms with Crippen LogP contribution in [0.4, 0.5) is 0 Å². The number of hydrogen-bond donors (Lipinski definition) is 2. The third-order valence-corrected chi connectivity index (χ3v) is 5.07. The van der Waals surface area contributed by atoms with Crippen molar-refractivity contribution in [2.24, 2.45) is 0 Å². The van der Waals surface area contributed by atoms with E-state index in [1.165, 1.54) is 89.2 Å². The van der Waals surface area contributed by atoms with Crippen LogP contribution in [0.5, 0.6) is 0 Å². The minimum atomic E-state index is 1.11. The minimum Gasteiger partial charge on any atom is -0.325 e. The monoisotopic (exact) mass is 382 g/mol. The first-order valence-corrected chi connectivity index (χ1v) is 10.9. The summed E-state index contributed by atoms with van der Waals surface area (Å²) in [4.78, 5) is 0. The summed E-state index contributed by atoms with van der Waals surface area (Å²) in [6.45, 7) is 4.74. The van der Waals surface area contributed by atoms with Crippen LogP contribution in [-0.2, 0) is 11.6 Å². The van der Waals surface area contributed by atoms with Crippen LogP contribution >= 0.6 is 0 Å². The number of nitrogens with zero attached hydrogens (tertiary/aromatic N) is 1. The van der Waals surface area contributed by atoms with Crippen LogP contribution in [0.2, 0.25) is 0 Å². The molecule has 0 aromatic heterocycles. The quantitative estimate of drug-likeness (QED) is 0.150. The highest BCUT2D eigenvalue weighted by Gasteiger charge is 2.14. The van der Waals surface area contributed by atoms with E-state index in [9.17, 15) is 0 Å². The molecule has 0 spiro atoms. The molecular weight excluding hydrogens is 338 g/mol. The van der Waals surface area contributed by atoms with Crippen molar-refractivity contribution < 1.29 is 20.0 Å². The number of unbranched alkanes of at least 4 members (excludes halogenated alkanes) is 11. The molecule has 158 valence electrons. The molecule has 1 rings (SSSR count). The van der Waals surface area contributed by atoms with Crippen LogP contribution in [0.15, 0.2) is 30.3 Å². The summed E-state index contributed by atoms with van der Waals surface area (Å²) < 4.78 is 1.11. The second kappa shape index (κ2) is 18.4. The van der Waals surface area contributed by atoms with Crippen molar-refractivity contribution in [3.05, 3.63) is 35.9 Å². The van der Waals surface area contributed by atoms with Gasteiger partial charge in [0, 0.05) is 5.56 Å². The number of hydrogen-bond acceptors (Lipinski definition) is 3. The topological polar surface area (TPSA) is 49.7 Å². The van der Waals surface area contributed by atoms with Gasteiger partial charge in [-0.3, -0.25) is 0 Å².